The second-order valence-corrected chi connectivity index (χ2v) is 4.97. The van der Waals surface area contributed by atoms with Crippen LogP contribution in [0.1, 0.15) is 11.3 Å². The fourth-order valence-corrected chi connectivity index (χ4v) is 2.24. The molecule has 18 heavy (non-hydrogen) atoms. The van der Waals surface area contributed by atoms with E-state index in [0.29, 0.717) is 6.54 Å². The van der Waals surface area contributed by atoms with Gasteiger partial charge in [0.05, 0.1) is 6.54 Å². The average Bonchev–Trinajstić information content (AvgIpc) is 2.76. The maximum Gasteiger partial charge on any atom is 0.169 e. The van der Waals surface area contributed by atoms with E-state index in [0.717, 1.165) is 30.1 Å². The molecule has 0 amide bonds. The lowest BCUT2D eigenvalue weighted by molar-refractivity contribution is 0.240. The third-order valence-electron chi connectivity index (χ3n) is 2.70. The number of hydrogen-bond donors (Lipinski definition) is 1. The Bertz CT molecular complexity index is 470. The van der Waals surface area contributed by atoms with Gasteiger partial charge in [-0.3, -0.25) is 4.90 Å². The van der Waals surface area contributed by atoms with E-state index in [2.05, 4.69) is 45.1 Å². The Kier molecular flexibility index (Phi) is 4.99. The lowest BCUT2D eigenvalue weighted by atomic mass is 10.2. The highest BCUT2D eigenvalue weighted by atomic mass is 79.9. The highest BCUT2D eigenvalue weighted by Gasteiger charge is 2.08. The topological polar surface area (TPSA) is 42.4 Å². The van der Waals surface area contributed by atoms with Gasteiger partial charge in [0.2, 0.25) is 0 Å². The molecular weight excluding hydrogens is 292 g/mol. The number of halogens is 1. The van der Waals surface area contributed by atoms with Crippen LogP contribution >= 0.6 is 15.9 Å². The van der Waals surface area contributed by atoms with E-state index >= 15 is 0 Å². The fraction of sp³-hybridized carbons (Fsp3) is 0.286. The number of nitrogens with zero attached hydrogens (tertiary/aromatic N) is 1. The molecule has 2 aromatic rings. The van der Waals surface area contributed by atoms with Crippen molar-refractivity contribution in [3.05, 3.63) is 58.5 Å². The number of rotatable bonds is 6. The summed E-state index contributed by atoms with van der Waals surface area (Å²) < 4.78 is 6.30. The fourth-order valence-electron chi connectivity index (χ4n) is 1.90. The normalized spacial score (nSPS) is 11.1. The van der Waals surface area contributed by atoms with Crippen LogP contribution in [-0.2, 0) is 13.1 Å². The molecule has 2 N–H and O–H groups in total. The van der Waals surface area contributed by atoms with Crippen LogP contribution in [0.2, 0.25) is 0 Å². The third-order valence-corrected chi connectivity index (χ3v) is 3.13. The molecule has 0 atom stereocenters. The van der Waals surface area contributed by atoms with Crippen LogP contribution in [0.25, 0.3) is 0 Å². The summed E-state index contributed by atoms with van der Waals surface area (Å²) in [5, 5.41) is 0. The molecule has 0 saturated carbocycles. The molecule has 4 heteroatoms. The maximum atomic E-state index is 5.66. The Labute approximate surface area is 116 Å². The highest BCUT2D eigenvalue weighted by Crippen LogP contribution is 2.16. The van der Waals surface area contributed by atoms with Crippen molar-refractivity contribution in [2.75, 3.05) is 13.1 Å². The van der Waals surface area contributed by atoms with Crippen LogP contribution in [0.5, 0.6) is 0 Å². The van der Waals surface area contributed by atoms with Crippen molar-refractivity contribution in [3.8, 4) is 0 Å². The zero-order chi connectivity index (χ0) is 12.8. The lowest BCUT2D eigenvalue weighted by Crippen LogP contribution is -2.28. The Balaban J connectivity index is 1.99. The van der Waals surface area contributed by atoms with Crippen LogP contribution in [0, 0.1) is 0 Å². The second kappa shape index (κ2) is 6.73. The molecule has 0 spiro atoms. The monoisotopic (exact) mass is 308 g/mol. The minimum absolute atomic E-state index is 0.648. The number of nitrogens with two attached hydrogens (primary N) is 1. The average molecular weight is 309 g/mol. The summed E-state index contributed by atoms with van der Waals surface area (Å²) in [7, 11) is 0. The molecule has 0 unspecified atom stereocenters. The summed E-state index contributed by atoms with van der Waals surface area (Å²) in [5.74, 6) is 0.950. The molecule has 0 aliphatic heterocycles. The van der Waals surface area contributed by atoms with Gasteiger partial charge in [0, 0.05) is 19.6 Å². The molecule has 1 heterocycles. The Morgan fingerprint density at radius 1 is 1.06 bits per heavy atom. The van der Waals surface area contributed by atoms with Crippen LogP contribution in [0.4, 0.5) is 0 Å². The summed E-state index contributed by atoms with van der Waals surface area (Å²) >= 11 is 3.32. The number of furan rings is 1. The highest BCUT2D eigenvalue weighted by molar-refractivity contribution is 9.10. The molecule has 0 aliphatic rings. The maximum absolute atomic E-state index is 5.66. The first-order chi connectivity index (χ1) is 8.78. The minimum Gasteiger partial charge on any atom is -0.453 e. The zero-order valence-corrected chi connectivity index (χ0v) is 11.8. The van der Waals surface area contributed by atoms with Gasteiger partial charge in [-0.25, -0.2) is 0 Å². The quantitative estimate of drug-likeness (QED) is 0.892. The van der Waals surface area contributed by atoms with Gasteiger partial charge in [-0.1, -0.05) is 30.3 Å². The largest absolute Gasteiger partial charge is 0.453 e. The van der Waals surface area contributed by atoms with E-state index in [9.17, 15) is 0 Å². The number of hydrogen-bond acceptors (Lipinski definition) is 3. The van der Waals surface area contributed by atoms with Gasteiger partial charge >= 0.3 is 0 Å². The molecule has 1 aromatic carbocycles. The first-order valence-corrected chi connectivity index (χ1v) is 6.78. The second-order valence-electron chi connectivity index (χ2n) is 4.19. The van der Waals surface area contributed by atoms with Crippen molar-refractivity contribution in [1.82, 2.24) is 4.90 Å². The van der Waals surface area contributed by atoms with Crippen LogP contribution in [0.3, 0.4) is 0 Å². The molecule has 0 bridgehead atoms. The Hall–Kier alpha value is -1.10. The predicted molar refractivity (Wildman–Crippen MR) is 76.0 cm³/mol. The first-order valence-electron chi connectivity index (χ1n) is 5.98. The van der Waals surface area contributed by atoms with Crippen molar-refractivity contribution < 1.29 is 4.42 Å². The number of benzene rings is 1. The molecule has 0 aliphatic carbocycles. The van der Waals surface area contributed by atoms with Gasteiger partial charge in [-0.05, 0) is 33.6 Å². The lowest BCUT2D eigenvalue weighted by Gasteiger charge is -2.20. The molecule has 3 nitrogen and oxygen atoms in total. The van der Waals surface area contributed by atoms with Gasteiger partial charge in [-0.15, -0.1) is 0 Å². The van der Waals surface area contributed by atoms with Gasteiger partial charge in [-0.2, -0.15) is 0 Å². The van der Waals surface area contributed by atoms with Crippen LogP contribution in [-0.4, -0.2) is 18.0 Å². The van der Waals surface area contributed by atoms with E-state index in [1.807, 2.05) is 18.2 Å². The van der Waals surface area contributed by atoms with Gasteiger partial charge < -0.3 is 10.2 Å². The van der Waals surface area contributed by atoms with Crippen molar-refractivity contribution in [2.24, 2.45) is 5.73 Å². The summed E-state index contributed by atoms with van der Waals surface area (Å²) in [6, 6.07) is 14.3. The van der Waals surface area contributed by atoms with Crippen LogP contribution < -0.4 is 5.73 Å². The third kappa shape index (κ3) is 3.98. The summed E-state index contributed by atoms with van der Waals surface area (Å²) in [6.45, 7) is 3.16. The van der Waals surface area contributed by atoms with Crippen molar-refractivity contribution in [2.45, 2.75) is 13.1 Å². The Morgan fingerprint density at radius 2 is 1.83 bits per heavy atom. The minimum atomic E-state index is 0.648. The Morgan fingerprint density at radius 3 is 2.44 bits per heavy atom. The molecule has 0 radical (unpaired) electrons. The van der Waals surface area contributed by atoms with Crippen molar-refractivity contribution in [3.63, 3.8) is 0 Å². The van der Waals surface area contributed by atoms with Crippen LogP contribution in [0.15, 0.2) is 51.6 Å². The van der Waals surface area contributed by atoms with E-state index < -0.39 is 0 Å². The molecule has 0 saturated heterocycles. The molecule has 96 valence electrons. The molecule has 0 fully saturated rings. The standard InChI is InChI=1S/C14H17BrN2O/c15-14-7-6-13(18-14)11-17(9-8-16)10-12-4-2-1-3-5-12/h1-7H,8-11,16H2. The molecular formula is C14H17BrN2O. The van der Waals surface area contributed by atoms with E-state index in [1.54, 1.807) is 0 Å². The predicted octanol–water partition coefficient (Wildman–Crippen LogP) is 3.00. The summed E-state index contributed by atoms with van der Waals surface area (Å²) in [4.78, 5) is 2.28. The van der Waals surface area contributed by atoms with Gasteiger partial charge in [0.1, 0.15) is 5.76 Å². The van der Waals surface area contributed by atoms with E-state index in [-0.39, 0.29) is 0 Å². The SMILES string of the molecule is NCCN(Cc1ccccc1)Cc1ccc(Br)o1. The summed E-state index contributed by atoms with van der Waals surface area (Å²) in [5.41, 5.74) is 6.95. The summed E-state index contributed by atoms with van der Waals surface area (Å²) in [6.07, 6.45) is 0. The molecule has 1 aromatic heterocycles. The van der Waals surface area contributed by atoms with Crippen molar-refractivity contribution in [1.29, 1.82) is 0 Å². The van der Waals surface area contributed by atoms with E-state index in [1.165, 1.54) is 5.56 Å². The zero-order valence-electron chi connectivity index (χ0n) is 10.2. The smallest absolute Gasteiger partial charge is 0.169 e. The van der Waals surface area contributed by atoms with Gasteiger partial charge in [0.25, 0.3) is 0 Å². The first kappa shape index (κ1) is 13.3. The van der Waals surface area contributed by atoms with Crippen molar-refractivity contribution >= 4 is 15.9 Å². The van der Waals surface area contributed by atoms with E-state index in [4.69, 9.17) is 10.2 Å². The molecule has 2 rings (SSSR count). The van der Waals surface area contributed by atoms with Gasteiger partial charge in [0.15, 0.2) is 4.67 Å².